The van der Waals surface area contributed by atoms with Crippen LogP contribution in [0.2, 0.25) is 0 Å². The minimum Gasteiger partial charge on any atom is -0.496 e. The number of likely N-dealkylation sites (tertiary alicyclic amines) is 1. The molecule has 0 atom stereocenters. The summed E-state index contributed by atoms with van der Waals surface area (Å²) >= 11 is 0. The number of benzene rings is 1. The summed E-state index contributed by atoms with van der Waals surface area (Å²) in [6, 6.07) is 9.97. The van der Waals surface area contributed by atoms with E-state index >= 15 is 0 Å². The molecule has 4 nitrogen and oxygen atoms in total. The molecule has 19 heavy (non-hydrogen) atoms. The van der Waals surface area contributed by atoms with Gasteiger partial charge in [0.2, 0.25) is 5.91 Å². The summed E-state index contributed by atoms with van der Waals surface area (Å²) in [5.74, 6) is 1.30. The summed E-state index contributed by atoms with van der Waals surface area (Å²) in [7, 11) is 1.68. The number of rotatable bonds is 3. The summed E-state index contributed by atoms with van der Waals surface area (Å²) in [5, 5.41) is 8.55. The SMILES string of the molecule is COc1ccccc1C1CCN(C(=O)CC#N)CC1. The third-order valence-corrected chi connectivity index (χ3v) is 3.66. The highest BCUT2D eigenvalue weighted by molar-refractivity contribution is 5.78. The van der Waals surface area contributed by atoms with Gasteiger partial charge in [0.15, 0.2) is 0 Å². The highest BCUT2D eigenvalue weighted by Crippen LogP contribution is 2.33. The van der Waals surface area contributed by atoms with Gasteiger partial charge in [0.25, 0.3) is 0 Å². The number of methoxy groups -OCH3 is 1. The van der Waals surface area contributed by atoms with Crippen LogP contribution in [0, 0.1) is 11.3 Å². The van der Waals surface area contributed by atoms with Gasteiger partial charge in [-0.1, -0.05) is 18.2 Å². The second kappa shape index (κ2) is 6.24. The van der Waals surface area contributed by atoms with Crippen LogP contribution in [0.4, 0.5) is 0 Å². The van der Waals surface area contributed by atoms with E-state index in [0.717, 1.165) is 31.7 Å². The number of ether oxygens (including phenoxy) is 1. The molecule has 0 N–H and O–H groups in total. The highest BCUT2D eigenvalue weighted by Gasteiger charge is 2.25. The highest BCUT2D eigenvalue weighted by atomic mass is 16.5. The standard InChI is InChI=1S/C15H18N2O2/c1-19-14-5-3-2-4-13(14)12-7-10-17(11-8-12)15(18)6-9-16/h2-5,12H,6-8,10-11H2,1H3. The third kappa shape index (κ3) is 3.05. The quantitative estimate of drug-likeness (QED) is 0.836. The molecule has 0 spiro atoms. The fraction of sp³-hybridized carbons (Fsp3) is 0.467. The lowest BCUT2D eigenvalue weighted by atomic mass is 9.88. The molecular formula is C15H18N2O2. The number of hydrogen-bond donors (Lipinski definition) is 0. The van der Waals surface area contributed by atoms with E-state index < -0.39 is 0 Å². The van der Waals surface area contributed by atoms with Crippen LogP contribution in [-0.4, -0.2) is 31.0 Å². The van der Waals surface area contributed by atoms with E-state index in [2.05, 4.69) is 6.07 Å². The number of nitriles is 1. The number of nitrogens with zero attached hydrogens (tertiary/aromatic N) is 2. The van der Waals surface area contributed by atoms with Crippen molar-refractivity contribution < 1.29 is 9.53 Å². The van der Waals surface area contributed by atoms with Gasteiger partial charge >= 0.3 is 0 Å². The van der Waals surface area contributed by atoms with Crippen LogP contribution in [-0.2, 0) is 4.79 Å². The van der Waals surface area contributed by atoms with E-state index in [1.165, 1.54) is 5.56 Å². The first-order chi connectivity index (χ1) is 9.26. The van der Waals surface area contributed by atoms with Crippen LogP contribution in [0.15, 0.2) is 24.3 Å². The van der Waals surface area contributed by atoms with Crippen molar-refractivity contribution in [1.82, 2.24) is 4.90 Å². The molecule has 0 bridgehead atoms. The summed E-state index contributed by atoms with van der Waals surface area (Å²) < 4.78 is 5.39. The van der Waals surface area contributed by atoms with Crippen molar-refractivity contribution in [1.29, 1.82) is 5.26 Å². The molecule has 1 aromatic carbocycles. The molecule has 0 aliphatic carbocycles. The van der Waals surface area contributed by atoms with E-state index in [4.69, 9.17) is 10.00 Å². The number of carbonyl (C=O) groups is 1. The molecule has 2 rings (SSSR count). The Labute approximate surface area is 113 Å². The predicted octanol–water partition coefficient (Wildman–Crippen LogP) is 2.31. The van der Waals surface area contributed by atoms with Crippen LogP contribution in [0.3, 0.4) is 0 Å². The maximum atomic E-state index is 11.6. The maximum absolute atomic E-state index is 11.6. The van der Waals surface area contributed by atoms with Crippen molar-refractivity contribution in [2.45, 2.75) is 25.2 Å². The second-order valence-corrected chi connectivity index (χ2v) is 4.73. The molecule has 1 fully saturated rings. The Bertz CT molecular complexity index is 485. The van der Waals surface area contributed by atoms with E-state index in [9.17, 15) is 4.79 Å². The van der Waals surface area contributed by atoms with E-state index in [1.807, 2.05) is 24.3 Å². The van der Waals surface area contributed by atoms with Crippen molar-refractivity contribution in [3.63, 3.8) is 0 Å². The van der Waals surface area contributed by atoms with E-state index in [0.29, 0.717) is 5.92 Å². The molecule has 0 saturated carbocycles. The van der Waals surface area contributed by atoms with Gasteiger partial charge in [-0.05, 0) is 30.4 Å². The molecule has 0 unspecified atom stereocenters. The van der Waals surface area contributed by atoms with Crippen LogP contribution in [0.1, 0.15) is 30.7 Å². The average Bonchev–Trinajstić information content (AvgIpc) is 2.47. The van der Waals surface area contributed by atoms with Crippen LogP contribution >= 0.6 is 0 Å². The van der Waals surface area contributed by atoms with E-state index in [1.54, 1.807) is 12.0 Å². The zero-order valence-corrected chi connectivity index (χ0v) is 11.1. The molecule has 100 valence electrons. The number of carbonyl (C=O) groups excluding carboxylic acids is 1. The minimum absolute atomic E-state index is 0.0146. The van der Waals surface area contributed by atoms with Crippen LogP contribution in [0.25, 0.3) is 0 Å². The van der Waals surface area contributed by atoms with E-state index in [-0.39, 0.29) is 12.3 Å². The molecule has 0 radical (unpaired) electrons. The van der Waals surface area contributed by atoms with Crippen molar-refractivity contribution in [3.8, 4) is 11.8 Å². The molecule has 1 aliphatic rings. The number of amides is 1. The van der Waals surface area contributed by atoms with Gasteiger partial charge in [-0.15, -0.1) is 0 Å². The molecule has 1 aliphatic heterocycles. The number of piperidine rings is 1. The Hall–Kier alpha value is -2.02. The Morgan fingerprint density at radius 1 is 1.42 bits per heavy atom. The molecule has 0 aromatic heterocycles. The fourth-order valence-corrected chi connectivity index (χ4v) is 2.62. The Morgan fingerprint density at radius 3 is 2.74 bits per heavy atom. The third-order valence-electron chi connectivity index (χ3n) is 3.66. The van der Waals surface area contributed by atoms with Crippen molar-refractivity contribution in [2.75, 3.05) is 20.2 Å². The van der Waals surface area contributed by atoms with Crippen LogP contribution < -0.4 is 4.74 Å². The number of para-hydroxylation sites is 1. The molecule has 1 saturated heterocycles. The second-order valence-electron chi connectivity index (χ2n) is 4.73. The summed E-state index contributed by atoms with van der Waals surface area (Å²) in [6.07, 6.45) is 1.84. The molecule has 4 heteroatoms. The normalized spacial score (nSPS) is 15.9. The molecule has 1 heterocycles. The Kier molecular flexibility index (Phi) is 4.40. The summed E-state index contributed by atoms with van der Waals surface area (Å²) in [6.45, 7) is 1.45. The molecular weight excluding hydrogens is 240 g/mol. The van der Waals surface area contributed by atoms with Gasteiger partial charge in [-0.25, -0.2) is 0 Å². The monoisotopic (exact) mass is 258 g/mol. The van der Waals surface area contributed by atoms with Crippen molar-refractivity contribution >= 4 is 5.91 Å². The Balaban J connectivity index is 2.00. The van der Waals surface area contributed by atoms with Gasteiger partial charge in [-0.2, -0.15) is 5.26 Å². The largest absolute Gasteiger partial charge is 0.496 e. The maximum Gasteiger partial charge on any atom is 0.236 e. The van der Waals surface area contributed by atoms with Gasteiger partial charge in [-0.3, -0.25) is 4.79 Å². The van der Waals surface area contributed by atoms with Crippen molar-refractivity contribution in [2.24, 2.45) is 0 Å². The zero-order valence-electron chi connectivity index (χ0n) is 11.1. The first kappa shape index (κ1) is 13.4. The summed E-state index contributed by atoms with van der Waals surface area (Å²) in [4.78, 5) is 13.4. The summed E-state index contributed by atoms with van der Waals surface area (Å²) in [5.41, 5.74) is 1.22. The predicted molar refractivity (Wildman–Crippen MR) is 71.8 cm³/mol. The average molecular weight is 258 g/mol. The lowest BCUT2D eigenvalue weighted by molar-refractivity contribution is -0.131. The first-order valence-corrected chi connectivity index (χ1v) is 6.54. The van der Waals surface area contributed by atoms with Gasteiger partial charge < -0.3 is 9.64 Å². The Morgan fingerprint density at radius 2 is 2.11 bits per heavy atom. The van der Waals surface area contributed by atoms with Crippen LogP contribution in [0.5, 0.6) is 5.75 Å². The van der Waals surface area contributed by atoms with Gasteiger partial charge in [0, 0.05) is 13.1 Å². The topological polar surface area (TPSA) is 53.3 Å². The zero-order chi connectivity index (χ0) is 13.7. The first-order valence-electron chi connectivity index (χ1n) is 6.54. The number of hydrogen-bond acceptors (Lipinski definition) is 3. The van der Waals surface area contributed by atoms with Crippen molar-refractivity contribution in [3.05, 3.63) is 29.8 Å². The van der Waals surface area contributed by atoms with Gasteiger partial charge in [0.05, 0.1) is 13.2 Å². The lowest BCUT2D eigenvalue weighted by Crippen LogP contribution is -2.37. The smallest absolute Gasteiger partial charge is 0.236 e. The van der Waals surface area contributed by atoms with Gasteiger partial charge in [0.1, 0.15) is 12.2 Å². The molecule has 1 aromatic rings. The lowest BCUT2D eigenvalue weighted by Gasteiger charge is -2.32. The fourth-order valence-electron chi connectivity index (χ4n) is 2.62. The molecule has 1 amide bonds. The minimum atomic E-state index is -0.0547.